The molecule has 0 fully saturated rings. The summed E-state index contributed by atoms with van der Waals surface area (Å²) in [6.45, 7) is 0.341. The minimum absolute atomic E-state index is 0.341. The summed E-state index contributed by atoms with van der Waals surface area (Å²) in [6, 6.07) is 10.8. The van der Waals surface area contributed by atoms with E-state index in [0.29, 0.717) is 35.3 Å². The SMILES string of the molecule is O/N=C\CCOc1ccc(Oc2cccc(F)c2)cc1Cl. The Morgan fingerprint density at radius 3 is 2.71 bits per heavy atom. The average Bonchev–Trinajstić information content (AvgIpc) is 2.45. The second-order valence-electron chi connectivity index (χ2n) is 4.09. The third kappa shape index (κ3) is 4.65. The maximum absolute atomic E-state index is 13.1. The fraction of sp³-hybridized carbons (Fsp3) is 0.133. The summed E-state index contributed by atoms with van der Waals surface area (Å²) in [7, 11) is 0. The summed E-state index contributed by atoms with van der Waals surface area (Å²) >= 11 is 6.08. The van der Waals surface area contributed by atoms with Crippen LogP contribution in [0.25, 0.3) is 0 Å². The Hall–Kier alpha value is -2.27. The first-order valence-corrected chi connectivity index (χ1v) is 6.58. The topological polar surface area (TPSA) is 51.1 Å². The van der Waals surface area contributed by atoms with E-state index < -0.39 is 0 Å². The number of nitrogens with zero attached hydrogens (tertiary/aromatic N) is 1. The van der Waals surface area contributed by atoms with Gasteiger partial charge in [-0.2, -0.15) is 0 Å². The highest BCUT2D eigenvalue weighted by atomic mass is 35.5. The van der Waals surface area contributed by atoms with Crippen molar-refractivity contribution in [2.45, 2.75) is 6.42 Å². The second kappa shape index (κ2) is 7.50. The molecule has 0 heterocycles. The Morgan fingerprint density at radius 1 is 1.19 bits per heavy atom. The molecule has 0 aliphatic carbocycles. The van der Waals surface area contributed by atoms with Gasteiger partial charge in [-0.25, -0.2) is 4.39 Å². The summed E-state index contributed by atoms with van der Waals surface area (Å²) in [5.74, 6) is 0.993. The predicted octanol–water partition coefficient (Wildman–Crippen LogP) is 4.50. The van der Waals surface area contributed by atoms with Gasteiger partial charge in [0.05, 0.1) is 11.6 Å². The van der Waals surface area contributed by atoms with Crippen molar-refractivity contribution in [1.82, 2.24) is 0 Å². The number of hydrogen-bond acceptors (Lipinski definition) is 4. The lowest BCUT2D eigenvalue weighted by atomic mass is 10.3. The molecule has 0 aromatic heterocycles. The van der Waals surface area contributed by atoms with E-state index in [-0.39, 0.29) is 5.82 Å². The monoisotopic (exact) mass is 309 g/mol. The van der Waals surface area contributed by atoms with E-state index in [1.165, 1.54) is 18.3 Å². The maximum Gasteiger partial charge on any atom is 0.138 e. The molecule has 4 nitrogen and oxygen atoms in total. The molecule has 2 rings (SSSR count). The molecule has 0 atom stereocenters. The molecule has 0 saturated carbocycles. The largest absolute Gasteiger partial charge is 0.492 e. The van der Waals surface area contributed by atoms with Crippen molar-refractivity contribution < 1.29 is 19.1 Å². The third-order valence-electron chi connectivity index (χ3n) is 2.52. The summed E-state index contributed by atoms with van der Waals surface area (Å²) in [5, 5.41) is 11.5. The number of oxime groups is 1. The first-order chi connectivity index (χ1) is 10.2. The molecule has 0 aliphatic rings. The van der Waals surface area contributed by atoms with Crippen molar-refractivity contribution in [3.8, 4) is 17.2 Å². The van der Waals surface area contributed by atoms with Crippen LogP contribution in [0, 0.1) is 5.82 Å². The molecule has 0 unspecified atom stereocenters. The fourth-order valence-corrected chi connectivity index (χ4v) is 1.83. The van der Waals surface area contributed by atoms with E-state index in [1.54, 1.807) is 30.3 Å². The Morgan fingerprint density at radius 2 is 2.00 bits per heavy atom. The fourth-order valence-electron chi connectivity index (χ4n) is 1.61. The molecule has 0 amide bonds. The summed E-state index contributed by atoms with van der Waals surface area (Å²) in [6.07, 6.45) is 1.80. The maximum atomic E-state index is 13.1. The summed E-state index contributed by atoms with van der Waals surface area (Å²) < 4.78 is 24.0. The van der Waals surface area contributed by atoms with Crippen molar-refractivity contribution in [3.05, 3.63) is 53.3 Å². The first-order valence-electron chi connectivity index (χ1n) is 6.20. The smallest absolute Gasteiger partial charge is 0.138 e. The third-order valence-corrected chi connectivity index (χ3v) is 2.82. The minimum atomic E-state index is -0.371. The van der Waals surface area contributed by atoms with Gasteiger partial charge in [0, 0.05) is 24.8 Å². The van der Waals surface area contributed by atoms with Crippen molar-refractivity contribution in [1.29, 1.82) is 0 Å². The quantitative estimate of drug-likeness (QED) is 0.370. The Bertz CT molecular complexity index is 634. The van der Waals surface area contributed by atoms with Crippen LogP contribution in [0.2, 0.25) is 5.02 Å². The van der Waals surface area contributed by atoms with Gasteiger partial charge in [0.25, 0.3) is 0 Å². The molecule has 6 heteroatoms. The molecule has 21 heavy (non-hydrogen) atoms. The molecule has 110 valence electrons. The molecule has 0 saturated heterocycles. The van der Waals surface area contributed by atoms with Gasteiger partial charge in [0.15, 0.2) is 0 Å². The predicted molar refractivity (Wildman–Crippen MR) is 78.3 cm³/mol. The second-order valence-corrected chi connectivity index (χ2v) is 4.49. The van der Waals surface area contributed by atoms with Crippen molar-refractivity contribution in [2.75, 3.05) is 6.61 Å². The molecule has 0 aliphatic heterocycles. The van der Waals surface area contributed by atoms with Crippen LogP contribution in [0.4, 0.5) is 4.39 Å². The summed E-state index contributed by atoms with van der Waals surface area (Å²) in [4.78, 5) is 0. The highest BCUT2D eigenvalue weighted by Crippen LogP contribution is 2.31. The van der Waals surface area contributed by atoms with Gasteiger partial charge in [-0.15, -0.1) is 5.16 Å². The zero-order valence-corrected chi connectivity index (χ0v) is 11.8. The van der Waals surface area contributed by atoms with Gasteiger partial charge in [-0.3, -0.25) is 0 Å². The van der Waals surface area contributed by atoms with Gasteiger partial charge in [-0.05, 0) is 24.3 Å². The lowest BCUT2D eigenvalue weighted by Crippen LogP contribution is -1.98. The van der Waals surface area contributed by atoms with E-state index in [9.17, 15) is 4.39 Å². The lowest BCUT2D eigenvalue weighted by molar-refractivity contribution is 0.310. The van der Waals surface area contributed by atoms with E-state index >= 15 is 0 Å². The van der Waals surface area contributed by atoms with Gasteiger partial charge in [0.1, 0.15) is 23.1 Å². The number of rotatable bonds is 6. The molecule has 0 radical (unpaired) electrons. The number of ether oxygens (including phenoxy) is 2. The first kappa shape index (κ1) is 15.1. The van der Waals surface area contributed by atoms with Gasteiger partial charge < -0.3 is 14.7 Å². The number of halogens is 2. The van der Waals surface area contributed by atoms with Crippen molar-refractivity contribution >= 4 is 17.8 Å². The van der Waals surface area contributed by atoms with E-state index in [1.807, 2.05) is 0 Å². The van der Waals surface area contributed by atoms with Crippen molar-refractivity contribution in [2.24, 2.45) is 5.16 Å². The van der Waals surface area contributed by atoms with Crippen LogP contribution in [-0.2, 0) is 0 Å². The van der Waals surface area contributed by atoms with Crippen LogP contribution in [0.5, 0.6) is 17.2 Å². The zero-order valence-electron chi connectivity index (χ0n) is 11.0. The number of benzene rings is 2. The Kier molecular flexibility index (Phi) is 5.40. The van der Waals surface area contributed by atoms with Crippen molar-refractivity contribution in [3.63, 3.8) is 0 Å². The molecular weight excluding hydrogens is 297 g/mol. The highest BCUT2D eigenvalue weighted by Gasteiger charge is 2.05. The van der Waals surface area contributed by atoms with E-state index in [0.717, 1.165) is 0 Å². The van der Waals surface area contributed by atoms with Crippen LogP contribution in [0.15, 0.2) is 47.6 Å². The zero-order chi connectivity index (χ0) is 15.1. The van der Waals surface area contributed by atoms with Gasteiger partial charge in [0.2, 0.25) is 0 Å². The van der Waals surface area contributed by atoms with Crippen LogP contribution in [0.3, 0.4) is 0 Å². The van der Waals surface area contributed by atoms with Gasteiger partial charge >= 0.3 is 0 Å². The average molecular weight is 310 g/mol. The van der Waals surface area contributed by atoms with Crippen LogP contribution >= 0.6 is 11.6 Å². The Balaban J connectivity index is 2.01. The van der Waals surface area contributed by atoms with Crippen LogP contribution in [0.1, 0.15) is 6.42 Å². The molecule has 0 spiro atoms. The molecule has 2 aromatic rings. The Labute approximate surface area is 126 Å². The molecule has 0 bridgehead atoms. The highest BCUT2D eigenvalue weighted by molar-refractivity contribution is 6.32. The molecule has 1 N–H and O–H groups in total. The summed E-state index contributed by atoms with van der Waals surface area (Å²) in [5.41, 5.74) is 0. The standard InChI is InChI=1S/C15H13ClFNO3/c16-14-10-13(21-12-4-1-3-11(17)9-12)5-6-15(14)20-8-2-7-18-19/h1,3-7,9-10,19H,2,8H2/b18-7-. The lowest BCUT2D eigenvalue weighted by Gasteiger charge is -2.10. The van der Waals surface area contributed by atoms with E-state index in [4.69, 9.17) is 26.3 Å². The van der Waals surface area contributed by atoms with Crippen LogP contribution in [-0.4, -0.2) is 18.0 Å². The molecule has 2 aromatic carbocycles. The van der Waals surface area contributed by atoms with E-state index in [2.05, 4.69) is 5.16 Å². The minimum Gasteiger partial charge on any atom is -0.492 e. The normalized spacial score (nSPS) is 10.8. The van der Waals surface area contributed by atoms with Gasteiger partial charge in [-0.1, -0.05) is 17.7 Å². The van der Waals surface area contributed by atoms with Crippen LogP contribution < -0.4 is 9.47 Å². The molecular formula is C15H13ClFNO3. The number of hydrogen-bond donors (Lipinski definition) is 1.